The van der Waals surface area contributed by atoms with Crippen LogP contribution >= 0.6 is 12.4 Å². The molecule has 1 unspecified atom stereocenters. The van der Waals surface area contributed by atoms with Crippen molar-refractivity contribution in [3.63, 3.8) is 0 Å². The first-order valence-electron chi connectivity index (χ1n) is 11.4. The lowest BCUT2D eigenvalue weighted by Gasteiger charge is -2.31. The molecule has 0 saturated heterocycles. The van der Waals surface area contributed by atoms with Gasteiger partial charge in [0.25, 0.3) is 0 Å². The Morgan fingerprint density at radius 3 is 1.61 bits per heavy atom. The summed E-state index contributed by atoms with van der Waals surface area (Å²) in [7, 11) is 0. The summed E-state index contributed by atoms with van der Waals surface area (Å²) in [5.41, 5.74) is 7.80. The van der Waals surface area contributed by atoms with Gasteiger partial charge in [-0.15, -0.1) is 12.4 Å². The van der Waals surface area contributed by atoms with Crippen LogP contribution in [0, 0.1) is 5.92 Å². The molecule has 2 nitrogen and oxygen atoms in total. The minimum atomic E-state index is -0.0897. The maximum atomic E-state index is 6.47. The zero-order chi connectivity index (χ0) is 19.1. The third kappa shape index (κ3) is 15.4. The van der Waals surface area contributed by atoms with Gasteiger partial charge in [-0.1, -0.05) is 114 Å². The lowest BCUT2D eigenvalue weighted by molar-refractivity contribution is 0.290. The van der Waals surface area contributed by atoms with Crippen LogP contribution in [0.25, 0.3) is 0 Å². The smallest absolute Gasteiger partial charge is 0.0129 e. The van der Waals surface area contributed by atoms with Gasteiger partial charge in [0.1, 0.15) is 0 Å². The van der Waals surface area contributed by atoms with Crippen LogP contribution in [0.2, 0.25) is 0 Å². The number of hydrogen-bond donors (Lipinski definition) is 1. The van der Waals surface area contributed by atoms with Crippen molar-refractivity contribution in [3.8, 4) is 0 Å². The molecule has 0 amide bonds. The van der Waals surface area contributed by atoms with E-state index < -0.39 is 0 Å². The molecule has 4 N–H and O–H groups in total. The van der Waals surface area contributed by atoms with E-state index in [4.69, 9.17) is 5.73 Å². The van der Waals surface area contributed by atoms with Gasteiger partial charge in [-0.25, -0.2) is 0 Å². The molecule has 1 rings (SSSR count). The molecular weight excluding hydrogens is 366 g/mol. The van der Waals surface area contributed by atoms with Gasteiger partial charge in [0.2, 0.25) is 0 Å². The molecule has 0 spiro atoms. The molecule has 3 heteroatoms. The Morgan fingerprint density at radius 2 is 1.18 bits per heavy atom. The second-order valence-corrected chi connectivity index (χ2v) is 8.89. The Labute approximate surface area is 181 Å². The van der Waals surface area contributed by atoms with E-state index in [-0.39, 0.29) is 23.4 Å². The van der Waals surface area contributed by atoms with E-state index in [2.05, 4.69) is 51.1 Å². The summed E-state index contributed by atoms with van der Waals surface area (Å²) in [4.78, 5) is 0. The minimum Gasteiger partial charge on any atom is -0.412 e. The molecule has 0 aliphatic rings. The summed E-state index contributed by atoms with van der Waals surface area (Å²) in [5, 5.41) is 0. The second kappa shape index (κ2) is 18.5. The predicted molar refractivity (Wildman–Crippen MR) is 128 cm³/mol. The highest BCUT2D eigenvalue weighted by Gasteiger charge is 2.24. The standard InChI is InChI=1S/C25H45N.ClH.H2O/c1-4-5-6-7-8-9-10-11-12-13-14-18-21-24(25(2,3)26)22-23-19-16-15-17-20-23;;/h15-17,19-20,24H,4-14,18,21-22,26H2,1-3H3;1H;1H2. The molecule has 0 heterocycles. The molecule has 0 aliphatic carbocycles. The van der Waals surface area contributed by atoms with Gasteiger partial charge in [0.15, 0.2) is 0 Å². The summed E-state index contributed by atoms with van der Waals surface area (Å²) >= 11 is 0. The molecule has 0 aromatic heterocycles. The normalized spacial score (nSPS) is 12.1. The molecule has 166 valence electrons. The molecule has 1 aromatic rings. The maximum absolute atomic E-state index is 6.47. The van der Waals surface area contributed by atoms with Crippen LogP contribution in [0.1, 0.15) is 110 Å². The maximum Gasteiger partial charge on any atom is 0.0129 e. The summed E-state index contributed by atoms with van der Waals surface area (Å²) in [6, 6.07) is 10.8. The summed E-state index contributed by atoms with van der Waals surface area (Å²) in [6.45, 7) is 6.68. The lowest BCUT2D eigenvalue weighted by Crippen LogP contribution is -2.42. The Kier molecular flexibility index (Phi) is 19.5. The summed E-state index contributed by atoms with van der Waals surface area (Å²) < 4.78 is 0. The minimum absolute atomic E-state index is 0. The Balaban J connectivity index is 0. The largest absolute Gasteiger partial charge is 0.412 e. The van der Waals surface area contributed by atoms with Crippen LogP contribution in [0.3, 0.4) is 0 Å². The van der Waals surface area contributed by atoms with Crippen molar-refractivity contribution in [1.29, 1.82) is 0 Å². The average molecular weight is 414 g/mol. The first-order valence-corrected chi connectivity index (χ1v) is 11.4. The molecule has 1 aromatic carbocycles. The van der Waals surface area contributed by atoms with Crippen molar-refractivity contribution in [2.24, 2.45) is 11.7 Å². The fourth-order valence-corrected chi connectivity index (χ4v) is 3.87. The van der Waals surface area contributed by atoms with Crippen molar-refractivity contribution in [2.45, 2.75) is 116 Å². The quantitative estimate of drug-likeness (QED) is 0.284. The van der Waals surface area contributed by atoms with Crippen molar-refractivity contribution in [2.75, 3.05) is 0 Å². The van der Waals surface area contributed by atoms with Gasteiger partial charge in [-0.2, -0.15) is 0 Å². The van der Waals surface area contributed by atoms with Crippen LogP contribution in [-0.4, -0.2) is 11.0 Å². The highest BCUT2D eigenvalue weighted by Crippen LogP contribution is 2.25. The fourth-order valence-electron chi connectivity index (χ4n) is 3.87. The third-order valence-corrected chi connectivity index (χ3v) is 5.78. The Bertz CT molecular complexity index is 430. The predicted octanol–water partition coefficient (Wildman–Crippen LogP) is 7.27. The van der Waals surface area contributed by atoms with Crippen molar-refractivity contribution in [1.82, 2.24) is 0 Å². The van der Waals surface area contributed by atoms with E-state index in [1.54, 1.807) is 0 Å². The highest BCUT2D eigenvalue weighted by atomic mass is 35.5. The van der Waals surface area contributed by atoms with Crippen LogP contribution in [0.5, 0.6) is 0 Å². The molecule has 28 heavy (non-hydrogen) atoms. The van der Waals surface area contributed by atoms with Gasteiger partial charge in [-0.3, -0.25) is 0 Å². The number of unbranched alkanes of at least 4 members (excludes halogenated alkanes) is 11. The number of halogens is 1. The first-order chi connectivity index (χ1) is 12.5. The molecule has 0 bridgehead atoms. The number of hydrogen-bond acceptors (Lipinski definition) is 1. The van der Waals surface area contributed by atoms with E-state index in [9.17, 15) is 0 Å². The van der Waals surface area contributed by atoms with Crippen LogP contribution in [0.4, 0.5) is 0 Å². The number of benzene rings is 1. The van der Waals surface area contributed by atoms with Crippen molar-refractivity contribution >= 4 is 12.4 Å². The number of rotatable bonds is 16. The SMILES string of the molecule is CCCCCCCCCCCCCCC(Cc1ccccc1)C(C)(C)N.Cl.O. The van der Waals surface area contributed by atoms with E-state index in [0.29, 0.717) is 5.92 Å². The van der Waals surface area contributed by atoms with Crippen LogP contribution in [0.15, 0.2) is 30.3 Å². The van der Waals surface area contributed by atoms with Gasteiger partial charge in [0.05, 0.1) is 0 Å². The van der Waals surface area contributed by atoms with Gasteiger partial charge >= 0.3 is 0 Å². The summed E-state index contributed by atoms with van der Waals surface area (Å²) in [5.74, 6) is 0.577. The lowest BCUT2D eigenvalue weighted by atomic mass is 9.80. The van der Waals surface area contributed by atoms with E-state index in [0.717, 1.165) is 6.42 Å². The molecule has 0 saturated carbocycles. The van der Waals surface area contributed by atoms with Crippen molar-refractivity contribution in [3.05, 3.63) is 35.9 Å². The van der Waals surface area contributed by atoms with Gasteiger partial charge < -0.3 is 11.2 Å². The fraction of sp³-hybridized carbons (Fsp3) is 0.760. The molecule has 0 fully saturated rings. The van der Waals surface area contributed by atoms with Gasteiger partial charge in [-0.05, 0) is 38.2 Å². The first kappa shape index (κ1) is 29.6. The number of nitrogens with two attached hydrogens (primary N) is 1. The molecule has 1 atom stereocenters. The van der Waals surface area contributed by atoms with E-state index in [1.165, 1.54) is 89.0 Å². The Morgan fingerprint density at radius 1 is 0.750 bits per heavy atom. The van der Waals surface area contributed by atoms with Crippen molar-refractivity contribution < 1.29 is 5.48 Å². The monoisotopic (exact) mass is 413 g/mol. The third-order valence-electron chi connectivity index (χ3n) is 5.78. The highest BCUT2D eigenvalue weighted by molar-refractivity contribution is 5.85. The average Bonchev–Trinajstić information content (AvgIpc) is 2.61. The second-order valence-electron chi connectivity index (χ2n) is 8.89. The van der Waals surface area contributed by atoms with E-state index >= 15 is 0 Å². The zero-order valence-corrected chi connectivity index (χ0v) is 19.7. The molecular formula is C25H48ClNO. The van der Waals surface area contributed by atoms with Gasteiger partial charge in [0, 0.05) is 5.54 Å². The molecule has 0 aliphatic heterocycles. The zero-order valence-electron chi connectivity index (χ0n) is 18.8. The van der Waals surface area contributed by atoms with E-state index in [1.807, 2.05) is 0 Å². The summed E-state index contributed by atoms with van der Waals surface area (Å²) in [6.07, 6.45) is 19.3. The van der Waals surface area contributed by atoms with Crippen LogP contribution < -0.4 is 5.73 Å². The topological polar surface area (TPSA) is 57.5 Å². The molecule has 0 radical (unpaired) electrons. The Hall–Kier alpha value is -0.570. The van der Waals surface area contributed by atoms with Crippen LogP contribution in [-0.2, 0) is 6.42 Å².